The molecule has 0 unspecified atom stereocenters. The summed E-state index contributed by atoms with van der Waals surface area (Å²) >= 11 is 0. The Morgan fingerprint density at radius 3 is 2.33 bits per heavy atom. The first-order chi connectivity index (χ1) is 13.1. The van der Waals surface area contributed by atoms with E-state index in [1.165, 1.54) is 36.6 Å². The molecule has 2 bridgehead atoms. The largest absolute Gasteiger partial charge is 0.508 e. The van der Waals surface area contributed by atoms with Gasteiger partial charge in [-0.1, -0.05) is 18.2 Å². The van der Waals surface area contributed by atoms with Gasteiger partial charge < -0.3 is 10.4 Å². The van der Waals surface area contributed by atoms with Crippen LogP contribution in [0.2, 0.25) is 0 Å². The van der Waals surface area contributed by atoms with Crippen molar-refractivity contribution in [3.05, 3.63) is 65.2 Å². The molecule has 2 aliphatic heterocycles. The van der Waals surface area contributed by atoms with Crippen LogP contribution in [0.25, 0.3) is 0 Å². The molecule has 2 aliphatic rings. The first-order valence-electron chi connectivity index (χ1n) is 9.80. The molecule has 0 saturated carbocycles. The molecular weight excluding hydrogens is 346 g/mol. The maximum atomic E-state index is 13.7. The lowest BCUT2D eigenvalue weighted by Crippen LogP contribution is -2.45. The Kier molecular flexibility index (Phi) is 5.41. The van der Waals surface area contributed by atoms with Crippen molar-refractivity contribution in [3.8, 4) is 5.75 Å². The molecule has 27 heavy (non-hydrogen) atoms. The number of rotatable bonds is 6. The monoisotopic (exact) mass is 372 g/mol. The molecule has 3 atom stereocenters. The maximum absolute atomic E-state index is 13.7. The van der Waals surface area contributed by atoms with E-state index in [-0.39, 0.29) is 12.1 Å². The second-order valence-corrected chi connectivity index (χ2v) is 7.76. The summed E-state index contributed by atoms with van der Waals surface area (Å²) in [6, 6.07) is 12.8. The standard InChI is InChI=1S/C22H26F2N2O/c23-21-5-2-6-22(24)20(21)14-25-9-10-26-17-7-8-18(26)12-16(11-17)15-3-1-4-19(27)13-15/h1-6,13,16-18,25,27H,7-12,14H2/t16-,17+,18-. The van der Waals surface area contributed by atoms with Gasteiger partial charge in [0.15, 0.2) is 0 Å². The highest BCUT2D eigenvalue weighted by molar-refractivity contribution is 5.30. The fourth-order valence-electron chi connectivity index (χ4n) is 4.81. The topological polar surface area (TPSA) is 35.5 Å². The number of halogens is 2. The van der Waals surface area contributed by atoms with E-state index in [4.69, 9.17) is 0 Å². The number of piperidine rings is 1. The molecule has 2 N–H and O–H groups in total. The van der Waals surface area contributed by atoms with Crippen molar-refractivity contribution in [2.24, 2.45) is 0 Å². The molecule has 2 saturated heterocycles. The van der Waals surface area contributed by atoms with Crippen molar-refractivity contribution in [1.82, 2.24) is 10.2 Å². The van der Waals surface area contributed by atoms with E-state index in [1.54, 1.807) is 6.07 Å². The summed E-state index contributed by atoms with van der Waals surface area (Å²) in [7, 11) is 0. The van der Waals surface area contributed by atoms with E-state index in [9.17, 15) is 13.9 Å². The number of aromatic hydroxyl groups is 1. The number of fused-ring (bicyclic) bond motifs is 2. The maximum Gasteiger partial charge on any atom is 0.130 e. The Bertz CT molecular complexity index is 763. The molecule has 2 heterocycles. The predicted octanol–water partition coefficient (Wildman–Crippen LogP) is 4.17. The molecule has 2 aromatic carbocycles. The van der Waals surface area contributed by atoms with Crippen molar-refractivity contribution in [3.63, 3.8) is 0 Å². The molecule has 5 heteroatoms. The molecule has 0 spiro atoms. The van der Waals surface area contributed by atoms with E-state index in [1.807, 2.05) is 12.1 Å². The number of phenolic OH excluding ortho intramolecular Hbond substituents is 1. The van der Waals surface area contributed by atoms with Gasteiger partial charge in [-0.2, -0.15) is 0 Å². The Labute approximate surface area is 159 Å². The number of nitrogens with zero attached hydrogens (tertiary/aromatic N) is 1. The van der Waals surface area contributed by atoms with Crippen LogP contribution in [0.3, 0.4) is 0 Å². The molecule has 144 valence electrons. The van der Waals surface area contributed by atoms with Gasteiger partial charge in [-0.15, -0.1) is 0 Å². The number of hydrogen-bond donors (Lipinski definition) is 2. The second kappa shape index (κ2) is 7.95. The van der Waals surface area contributed by atoms with Crippen LogP contribution in [0.15, 0.2) is 42.5 Å². The van der Waals surface area contributed by atoms with Crippen LogP contribution in [-0.2, 0) is 6.54 Å². The van der Waals surface area contributed by atoms with E-state index >= 15 is 0 Å². The molecule has 2 aromatic rings. The summed E-state index contributed by atoms with van der Waals surface area (Å²) in [6.45, 7) is 1.84. The highest BCUT2D eigenvalue weighted by Gasteiger charge is 2.40. The van der Waals surface area contributed by atoms with Gasteiger partial charge in [0.05, 0.1) is 0 Å². The van der Waals surface area contributed by atoms with Gasteiger partial charge in [-0.3, -0.25) is 4.90 Å². The fraction of sp³-hybridized carbons (Fsp3) is 0.455. The quantitative estimate of drug-likeness (QED) is 0.747. The second-order valence-electron chi connectivity index (χ2n) is 7.76. The Hall–Kier alpha value is -1.98. The Morgan fingerprint density at radius 1 is 1.00 bits per heavy atom. The first-order valence-corrected chi connectivity index (χ1v) is 9.80. The van der Waals surface area contributed by atoms with E-state index in [0.717, 1.165) is 25.9 Å². The van der Waals surface area contributed by atoms with Crippen LogP contribution in [0.4, 0.5) is 8.78 Å². The summed E-state index contributed by atoms with van der Waals surface area (Å²) < 4.78 is 27.4. The third-order valence-corrected chi connectivity index (χ3v) is 6.14. The fourth-order valence-corrected chi connectivity index (χ4v) is 4.81. The minimum absolute atomic E-state index is 0.114. The minimum Gasteiger partial charge on any atom is -0.508 e. The molecule has 2 fully saturated rings. The van der Waals surface area contributed by atoms with Crippen LogP contribution in [0.5, 0.6) is 5.75 Å². The number of nitrogens with one attached hydrogen (secondary N) is 1. The summed E-state index contributed by atoms with van der Waals surface area (Å²) in [5.41, 5.74) is 1.35. The van der Waals surface area contributed by atoms with Gasteiger partial charge in [-0.05, 0) is 61.4 Å². The highest BCUT2D eigenvalue weighted by Crippen LogP contribution is 2.43. The molecule has 0 radical (unpaired) electrons. The zero-order valence-electron chi connectivity index (χ0n) is 15.4. The Morgan fingerprint density at radius 2 is 1.67 bits per heavy atom. The summed E-state index contributed by atoms with van der Waals surface area (Å²) in [5, 5.41) is 12.9. The van der Waals surface area contributed by atoms with E-state index in [0.29, 0.717) is 23.8 Å². The normalized spacial score (nSPS) is 25.0. The highest BCUT2D eigenvalue weighted by atomic mass is 19.1. The third-order valence-electron chi connectivity index (χ3n) is 6.14. The lowest BCUT2D eigenvalue weighted by molar-refractivity contribution is 0.127. The Balaban J connectivity index is 1.30. The number of benzene rings is 2. The van der Waals surface area contributed by atoms with Crippen molar-refractivity contribution in [2.45, 2.75) is 50.2 Å². The van der Waals surface area contributed by atoms with Crippen LogP contribution in [-0.4, -0.2) is 35.2 Å². The SMILES string of the molecule is Oc1cccc([C@H]2C[C@H]3CC[C@@H](C2)N3CCNCc2c(F)cccc2F)c1. The van der Waals surface area contributed by atoms with Crippen LogP contribution >= 0.6 is 0 Å². The predicted molar refractivity (Wildman–Crippen MR) is 102 cm³/mol. The number of phenols is 1. The average Bonchev–Trinajstić information content (AvgIpc) is 2.88. The van der Waals surface area contributed by atoms with Crippen molar-refractivity contribution in [2.75, 3.05) is 13.1 Å². The molecule has 0 aromatic heterocycles. The molecule has 3 nitrogen and oxygen atoms in total. The third kappa shape index (κ3) is 3.99. The van der Waals surface area contributed by atoms with E-state index < -0.39 is 11.6 Å². The smallest absolute Gasteiger partial charge is 0.130 e. The molecule has 0 amide bonds. The van der Waals surface area contributed by atoms with Gasteiger partial charge >= 0.3 is 0 Å². The lowest BCUT2D eigenvalue weighted by atomic mass is 9.85. The first kappa shape index (κ1) is 18.4. The molecule has 4 rings (SSSR count). The number of hydrogen-bond acceptors (Lipinski definition) is 3. The zero-order chi connectivity index (χ0) is 18.8. The van der Waals surface area contributed by atoms with Crippen LogP contribution < -0.4 is 5.32 Å². The zero-order valence-corrected chi connectivity index (χ0v) is 15.4. The van der Waals surface area contributed by atoms with Gasteiger partial charge in [0.1, 0.15) is 17.4 Å². The van der Waals surface area contributed by atoms with Gasteiger partial charge in [0, 0.05) is 37.3 Å². The lowest BCUT2D eigenvalue weighted by Gasteiger charge is -2.39. The summed E-state index contributed by atoms with van der Waals surface area (Å²) in [4.78, 5) is 2.56. The van der Waals surface area contributed by atoms with Crippen molar-refractivity contribution < 1.29 is 13.9 Å². The minimum atomic E-state index is -0.491. The van der Waals surface area contributed by atoms with Gasteiger partial charge in [0.2, 0.25) is 0 Å². The van der Waals surface area contributed by atoms with Crippen molar-refractivity contribution >= 4 is 0 Å². The molecular formula is C22H26F2N2O. The average molecular weight is 372 g/mol. The van der Waals surface area contributed by atoms with Gasteiger partial charge in [-0.25, -0.2) is 8.78 Å². The van der Waals surface area contributed by atoms with Crippen molar-refractivity contribution in [1.29, 1.82) is 0 Å². The summed E-state index contributed by atoms with van der Waals surface area (Å²) in [6.07, 6.45) is 4.65. The van der Waals surface area contributed by atoms with Crippen LogP contribution in [0, 0.1) is 11.6 Å². The van der Waals surface area contributed by atoms with Crippen LogP contribution in [0.1, 0.15) is 42.7 Å². The van der Waals surface area contributed by atoms with Gasteiger partial charge in [0.25, 0.3) is 0 Å². The summed E-state index contributed by atoms with van der Waals surface area (Å²) in [5.74, 6) is -0.137. The molecule has 0 aliphatic carbocycles. The van der Waals surface area contributed by atoms with E-state index in [2.05, 4.69) is 16.3 Å².